The van der Waals surface area contributed by atoms with E-state index in [2.05, 4.69) is 4.98 Å². The van der Waals surface area contributed by atoms with E-state index in [4.69, 9.17) is 5.73 Å². The lowest BCUT2D eigenvalue weighted by Crippen LogP contribution is -1.98. The number of phenolic OH excluding ortho intramolecular Hbond substituents is 1. The topological polar surface area (TPSA) is 102 Å². The van der Waals surface area contributed by atoms with E-state index in [0.29, 0.717) is 5.03 Å². The highest BCUT2D eigenvalue weighted by molar-refractivity contribution is 7.99. The van der Waals surface area contributed by atoms with Gasteiger partial charge < -0.3 is 10.8 Å². The summed E-state index contributed by atoms with van der Waals surface area (Å²) < 4.78 is 0. The Morgan fingerprint density at radius 3 is 2.72 bits per heavy atom. The molecule has 0 atom stereocenters. The molecule has 0 unspecified atom stereocenters. The van der Waals surface area contributed by atoms with Gasteiger partial charge in [-0.25, -0.2) is 4.98 Å². The highest BCUT2D eigenvalue weighted by Gasteiger charge is 2.13. The number of rotatable bonds is 3. The van der Waals surface area contributed by atoms with Crippen LogP contribution in [-0.4, -0.2) is 15.0 Å². The number of aromatic nitrogens is 1. The van der Waals surface area contributed by atoms with Gasteiger partial charge in [0.25, 0.3) is 0 Å². The number of aromatic hydroxyl groups is 1. The van der Waals surface area contributed by atoms with Gasteiger partial charge >= 0.3 is 5.69 Å². The average Bonchev–Trinajstić information content (AvgIpc) is 2.28. The number of hydrogen-bond donors (Lipinski definition) is 2. The second-order valence-corrected chi connectivity index (χ2v) is 4.50. The molecule has 1 aromatic carbocycles. The van der Waals surface area contributed by atoms with Crippen LogP contribution in [0.15, 0.2) is 46.3 Å². The first-order valence-electron chi connectivity index (χ1n) is 4.94. The molecule has 0 aliphatic rings. The van der Waals surface area contributed by atoms with Crippen LogP contribution in [0, 0.1) is 10.1 Å². The maximum atomic E-state index is 10.6. The first-order valence-corrected chi connectivity index (χ1v) is 5.76. The molecule has 0 bridgehead atoms. The number of nitrogens with zero attached hydrogens (tertiary/aromatic N) is 2. The number of hydrogen-bond acceptors (Lipinski definition) is 6. The van der Waals surface area contributed by atoms with Gasteiger partial charge in [-0.1, -0.05) is 17.8 Å². The smallest absolute Gasteiger partial charge is 0.311 e. The molecule has 1 heterocycles. The van der Waals surface area contributed by atoms with Crippen molar-refractivity contribution >= 4 is 23.3 Å². The van der Waals surface area contributed by atoms with E-state index in [1.807, 2.05) is 0 Å². The summed E-state index contributed by atoms with van der Waals surface area (Å²) in [5.74, 6) is 0.0278. The number of nitro groups is 1. The molecule has 0 amide bonds. The summed E-state index contributed by atoms with van der Waals surface area (Å²) in [6, 6.07) is 9.46. The Hall–Kier alpha value is -2.28. The van der Waals surface area contributed by atoms with Crippen LogP contribution in [0.1, 0.15) is 0 Å². The van der Waals surface area contributed by atoms with E-state index in [1.165, 1.54) is 23.9 Å². The molecule has 0 saturated carbocycles. The van der Waals surface area contributed by atoms with Crippen molar-refractivity contribution in [2.75, 3.05) is 5.73 Å². The van der Waals surface area contributed by atoms with Crippen LogP contribution in [0.4, 0.5) is 11.5 Å². The molecule has 0 aliphatic heterocycles. The second kappa shape index (κ2) is 4.92. The number of benzene rings is 1. The molecule has 6 nitrogen and oxygen atoms in total. The molecule has 0 saturated heterocycles. The van der Waals surface area contributed by atoms with E-state index in [-0.39, 0.29) is 17.3 Å². The molecule has 0 radical (unpaired) electrons. The van der Waals surface area contributed by atoms with Gasteiger partial charge in [0.2, 0.25) is 5.82 Å². The first-order chi connectivity index (χ1) is 8.56. The molecule has 3 N–H and O–H groups in total. The standard InChI is InChI=1S/C11H9N3O3S/c12-11-9(14(16)17)4-5-10(13-11)18-8-3-1-2-7(15)6-8/h1-6,15H,(H2,12,13). The van der Waals surface area contributed by atoms with Gasteiger partial charge in [0, 0.05) is 11.0 Å². The quantitative estimate of drug-likeness (QED) is 0.651. The van der Waals surface area contributed by atoms with Gasteiger partial charge in [0.15, 0.2) is 0 Å². The zero-order valence-corrected chi connectivity index (χ0v) is 9.92. The lowest BCUT2D eigenvalue weighted by molar-refractivity contribution is -0.384. The SMILES string of the molecule is Nc1nc(Sc2cccc(O)c2)ccc1[N+](=O)[O-]. The van der Waals surface area contributed by atoms with Crippen molar-refractivity contribution in [2.45, 2.75) is 9.92 Å². The van der Waals surface area contributed by atoms with Crippen molar-refractivity contribution in [1.82, 2.24) is 4.98 Å². The third kappa shape index (κ3) is 2.69. The van der Waals surface area contributed by atoms with Gasteiger partial charge in [-0.2, -0.15) is 0 Å². The number of anilines is 1. The Kier molecular flexibility index (Phi) is 3.33. The minimum absolute atomic E-state index is 0.120. The monoisotopic (exact) mass is 263 g/mol. The molecule has 2 aromatic rings. The van der Waals surface area contributed by atoms with Crippen LogP contribution in [0.25, 0.3) is 0 Å². The maximum absolute atomic E-state index is 10.6. The fraction of sp³-hybridized carbons (Fsp3) is 0. The highest BCUT2D eigenvalue weighted by atomic mass is 32.2. The third-order valence-corrected chi connectivity index (χ3v) is 3.04. The average molecular weight is 263 g/mol. The van der Waals surface area contributed by atoms with Crippen LogP contribution >= 0.6 is 11.8 Å². The Balaban J connectivity index is 2.25. The van der Waals surface area contributed by atoms with Crippen molar-refractivity contribution in [1.29, 1.82) is 0 Å². The van der Waals surface area contributed by atoms with Crippen LogP contribution in [0.2, 0.25) is 0 Å². The van der Waals surface area contributed by atoms with Gasteiger partial charge in [0.1, 0.15) is 10.8 Å². The summed E-state index contributed by atoms with van der Waals surface area (Å²) in [6.07, 6.45) is 0. The van der Waals surface area contributed by atoms with Crippen LogP contribution in [0.3, 0.4) is 0 Å². The molecule has 18 heavy (non-hydrogen) atoms. The molecule has 0 fully saturated rings. The molecule has 2 rings (SSSR count). The van der Waals surface area contributed by atoms with E-state index < -0.39 is 4.92 Å². The zero-order chi connectivity index (χ0) is 13.1. The summed E-state index contributed by atoms with van der Waals surface area (Å²) in [7, 11) is 0. The predicted octanol–water partition coefficient (Wildman–Crippen LogP) is 2.43. The van der Waals surface area contributed by atoms with Crippen molar-refractivity contribution in [3.05, 3.63) is 46.5 Å². The van der Waals surface area contributed by atoms with E-state index in [1.54, 1.807) is 24.3 Å². The molecule has 7 heteroatoms. The summed E-state index contributed by atoms with van der Waals surface area (Å²) in [5.41, 5.74) is 5.28. The molecule has 0 spiro atoms. The summed E-state index contributed by atoms with van der Waals surface area (Å²) in [5, 5.41) is 20.4. The van der Waals surface area contributed by atoms with Gasteiger partial charge in [-0.05, 0) is 24.3 Å². The van der Waals surface area contributed by atoms with Gasteiger partial charge in [-0.3, -0.25) is 10.1 Å². The van der Waals surface area contributed by atoms with Crippen molar-refractivity contribution in [2.24, 2.45) is 0 Å². The van der Waals surface area contributed by atoms with E-state index in [0.717, 1.165) is 4.90 Å². The zero-order valence-electron chi connectivity index (χ0n) is 9.11. The minimum atomic E-state index is -0.578. The fourth-order valence-electron chi connectivity index (χ4n) is 1.33. The molecule has 92 valence electrons. The third-order valence-electron chi connectivity index (χ3n) is 2.11. The van der Waals surface area contributed by atoms with Crippen molar-refractivity contribution in [3.63, 3.8) is 0 Å². The number of phenols is 1. The summed E-state index contributed by atoms with van der Waals surface area (Å²) in [4.78, 5) is 14.7. The van der Waals surface area contributed by atoms with Gasteiger partial charge in [0.05, 0.1) is 4.92 Å². The van der Waals surface area contributed by atoms with Crippen LogP contribution in [0.5, 0.6) is 5.75 Å². The largest absolute Gasteiger partial charge is 0.508 e. The molecule has 1 aromatic heterocycles. The Morgan fingerprint density at radius 1 is 1.33 bits per heavy atom. The van der Waals surface area contributed by atoms with Gasteiger partial charge in [-0.15, -0.1) is 0 Å². The molecule has 0 aliphatic carbocycles. The lowest BCUT2D eigenvalue weighted by atomic mass is 10.3. The van der Waals surface area contributed by atoms with Crippen molar-refractivity contribution < 1.29 is 10.0 Å². The summed E-state index contributed by atoms with van der Waals surface area (Å²) in [6.45, 7) is 0. The Morgan fingerprint density at radius 2 is 2.11 bits per heavy atom. The highest BCUT2D eigenvalue weighted by Crippen LogP contribution is 2.30. The van der Waals surface area contributed by atoms with Crippen LogP contribution < -0.4 is 5.73 Å². The lowest BCUT2D eigenvalue weighted by Gasteiger charge is -2.02. The second-order valence-electron chi connectivity index (χ2n) is 3.41. The normalized spacial score (nSPS) is 10.2. The Bertz CT molecular complexity index is 604. The fourth-order valence-corrected chi connectivity index (χ4v) is 2.18. The van der Waals surface area contributed by atoms with Crippen LogP contribution in [-0.2, 0) is 0 Å². The maximum Gasteiger partial charge on any atom is 0.311 e. The Labute approximate surface area is 107 Å². The molecular formula is C11H9N3O3S. The minimum Gasteiger partial charge on any atom is -0.508 e. The summed E-state index contributed by atoms with van der Waals surface area (Å²) >= 11 is 1.26. The van der Waals surface area contributed by atoms with Crippen molar-refractivity contribution in [3.8, 4) is 5.75 Å². The number of nitrogens with two attached hydrogens (primary N) is 1. The first kappa shape index (κ1) is 12.2. The number of pyridine rings is 1. The number of nitrogen functional groups attached to an aromatic ring is 1. The predicted molar refractivity (Wildman–Crippen MR) is 67.5 cm³/mol. The molecular weight excluding hydrogens is 254 g/mol. The van der Waals surface area contributed by atoms with E-state index in [9.17, 15) is 15.2 Å². The van der Waals surface area contributed by atoms with E-state index >= 15 is 0 Å².